The van der Waals surface area contributed by atoms with Crippen molar-refractivity contribution in [2.24, 2.45) is 0 Å². The van der Waals surface area contributed by atoms with Crippen LogP contribution in [0.5, 0.6) is 0 Å². The number of hydrogen-bond donors (Lipinski definition) is 0. The fourth-order valence-corrected chi connectivity index (χ4v) is 3.19. The topological polar surface area (TPSA) is 26.3 Å². The molecule has 0 radical (unpaired) electrons. The van der Waals surface area contributed by atoms with Crippen LogP contribution in [0.2, 0.25) is 0 Å². The minimum absolute atomic E-state index is 0.102. The summed E-state index contributed by atoms with van der Waals surface area (Å²) in [5.74, 6) is 0.302. The molecule has 1 rings (SSSR count). The van der Waals surface area contributed by atoms with Crippen molar-refractivity contribution in [3.8, 4) is 0 Å². The standard InChI is InChI=1S/C20H32O2S/c1-2-3-4-5-6-7-8-9-10-14-17-22-20(21)18-23-19-15-12-11-13-16-19/h11-13,15-16H,2-10,14,17-18H2,1H3. The van der Waals surface area contributed by atoms with Gasteiger partial charge in [-0.05, 0) is 18.6 Å². The number of ether oxygens (including phenoxy) is 1. The van der Waals surface area contributed by atoms with Gasteiger partial charge in [0.2, 0.25) is 0 Å². The lowest BCUT2D eigenvalue weighted by Gasteiger charge is -2.05. The van der Waals surface area contributed by atoms with E-state index < -0.39 is 0 Å². The molecule has 1 aromatic carbocycles. The third kappa shape index (κ3) is 12.2. The summed E-state index contributed by atoms with van der Waals surface area (Å²) in [6, 6.07) is 9.98. The second kappa shape index (κ2) is 14.6. The van der Waals surface area contributed by atoms with Gasteiger partial charge in [0.1, 0.15) is 0 Å². The maximum absolute atomic E-state index is 11.6. The number of carbonyl (C=O) groups excluding carboxylic acids is 1. The molecule has 130 valence electrons. The summed E-state index contributed by atoms with van der Waals surface area (Å²) in [5, 5.41) is 0. The first-order valence-electron chi connectivity index (χ1n) is 9.16. The molecule has 1 aromatic rings. The number of rotatable bonds is 14. The summed E-state index contributed by atoms with van der Waals surface area (Å²) in [4.78, 5) is 12.7. The highest BCUT2D eigenvalue weighted by Gasteiger charge is 2.03. The maximum Gasteiger partial charge on any atom is 0.316 e. The smallest absolute Gasteiger partial charge is 0.316 e. The lowest BCUT2D eigenvalue weighted by atomic mass is 10.1. The summed E-state index contributed by atoms with van der Waals surface area (Å²) in [6.07, 6.45) is 13.0. The molecule has 0 heterocycles. The zero-order valence-corrected chi connectivity index (χ0v) is 15.4. The van der Waals surface area contributed by atoms with E-state index >= 15 is 0 Å². The molecule has 0 atom stereocenters. The molecule has 0 aliphatic carbocycles. The van der Waals surface area contributed by atoms with E-state index in [0.29, 0.717) is 12.4 Å². The minimum atomic E-state index is -0.102. The minimum Gasteiger partial charge on any atom is -0.465 e. The Hall–Kier alpha value is -0.960. The predicted octanol–water partition coefficient (Wildman–Crippen LogP) is 6.24. The molecule has 0 N–H and O–H groups in total. The Kier molecular flexibility index (Phi) is 12.8. The highest BCUT2D eigenvalue weighted by atomic mass is 32.2. The van der Waals surface area contributed by atoms with Crippen LogP contribution in [-0.2, 0) is 9.53 Å². The van der Waals surface area contributed by atoms with Crippen LogP contribution in [0.4, 0.5) is 0 Å². The summed E-state index contributed by atoms with van der Waals surface area (Å²) in [5.41, 5.74) is 0. The zero-order valence-electron chi connectivity index (χ0n) is 14.6. The predicted molar refractivity (Wildman–Crippen MR) is 100.0 cm³/mol. The van der Waals surface area contributed by atoms with Gasteiger partial charge >= 0.3 is 5.97 Å². The molecular weight excluding hydrogens is 304 g/mol. The molecule has 0 saturated heterocycles. The van der Waals surface area contributed by atoms with E-state index in [4.69, 9.17) is 4.74 Å². The Labute approximate surface area is 146 Å². The highest BCUT2D eigenvalue weighted by Crippen LogP contribution is 2.17. The summed E-state index contributed by atoms with van der Waals surface area (Å²) in [7, 11) is 0. The van der Waals surface area contributed by atoms with E-state index in [2.05, 4.69) is 6.92 Å². The third-order valence-electron chi connectivity index (χ3n) is 3.86. The van der Waals surface area contributed by atoms with Crippen LogP contribution in [0.15, 0.2) is 35.2 Å². The Balaban J connectivity index is 1.84. The third-order valence-corrected chi connectivity index (χ3v) is 4.85. The van der Waals surface area contributed by atoms with Crippen LogP contribution in [0, 0.1) is 0 Å². The van der Waals surface area contributed by atoms with E-state index in [9.17, 15) is 4.79 Å². The lowest BCUT2D eigenvalue weighted by Crippen LogP contribution is -2.08. The zero-order chi connectivity index (χ0) is 16.6. The van der Waals surface area contributed by atoms with Crippen LogP contribution >= 0.6 is 11.8 Å². The lowest BCUT2D eigenvalue weighted by molar-refractivity contribution is -0.140. The summed E-state index contributed by atoms with van der Waals surface area (Å²) < 4.78 is 5.28. The second-order valence-corrected chi connectivity index (χ2v) is 7.05. The van der Waals surface area contributed by atoms with Crippen molar-refractivity contribution < 1.29 is 9.53 Å². The van der Waals surface area contributed by atoms with Crippen LogP contribution in [0.3, 0.4) is 0 Å². The van der Waals surface area contributed by atoms with E-state index in [1.165, 1.54) is 69.5 Å². The van der Waals surface area contributed by atoms with E-state index in [1.54, 1.807) is 0 Å². The number of carbonyl (C=O) groups is 1. The van der Waals surface area contributed by atoms with Crippen molar-refractivity contribution in [3.63, 3.8) is 0 Å². The molecule has 0 bridgehead atoms. The fraction of sp³-hybridized carbons (Fsp3) is 0.650. The van der Waals surface area contributed by atoms with Crippen molar-refractivity contribution in [2.45, 2.75) is 76.0 Å². The monoisotopic (exact) mass is 336 g/mol. The van der Waals surface area contributed by atoms with Crippen molar-refractivity contribution in [3.05, 3.63) is 30.3 Å². The van der Waals surface area contributed by atoms with Crippen molar-refractivity contribution in [1.29, 1.82) is 0 Å². The second-order valence-electron chi connectivity index (χ2n) is 6.00. The van der Waals surface area contributed by atoms with Gasteiger partial charge in [0.15, 0.2) is 0 Å². The Morgan fingerprint density at radius 1 is 0.870 bits per heavy atom. The molecule has 0 saturated carbocycles. The van der Waals surface area contributed by atoms with Crippen LogP contribution in [-0.4, -0.2) is 18.3 Å². The molecule has 0 aliphatic rings. The first-order valence-corrected chi connectivity index (χ1v) is 10.1. The average Bonchev–Trinajstić information content (AvgIpc) is 2.59. The highest BCUT2D eigenvalue weighted by molar-refractivity contribution is 8.00. The van der Waals surface area contributed by atoms with E-state index in [-0.39, 0.29) is 5.97 Å². The van der Waals surface area contributed by atoms with Gasteiger partial charge in [-0.2, -0.15) is 0 Å². The molecule has 0 amide bonds. The molecule has 0 fully saturated rings. The van der Waals surface area contributed by atoms with E-state index in [1.807, 2.05) is 30.3 Å². The van der Waals surface area contributed by atoms with Crippen LogP contribution in [0.25, 0.3) is 0 Å². The van der Waals surface area contributed by atoms with Gasteiger partial charge < -0.3 is 4.74 Å². The number of thioether (sulfide) groups is 1. The molecular formula is C20H32O2S. The molecule has 2 nitrogen and oxygen atoms in total. The summed E-state index contributed by atoms with van der Waals surface area (Å²) >= 11 is 1.54. The number of unbranched alkanes of at least 4 members (excludes halogenated alkanes) is 9. The normalized spacial score (nSPS) is 10.7. The number of esters is 1. The number of hydrogen-bond acceptors (Lipinski definition) is 3. The van der Waals surface area contributed by atoms with Gasteiger partial charge in [0.05, 0.1) is 12.4 Å². The molecule has 0 aliphatic heterocycles. The van der Waals surface area contributed by atoms with Gasteiger partial charge in [-0.25, -0.2) is 0 Å². The van der Waals surface area contributed by atoms with Gasteiger partial charge in [-0.3, -0.25) is 4.79 Å². The summed E-state index contributed by atoms with van der Waals surface area (Å²) in [6.45, 7) is 2.83. The molecule has 23 heavy (non-hydrogen) atoms. The van der Waals surface area contributed by atoms with E-state index in [0.717, 1.165) is 11.3 Å². The average molecular weight is 337 g/mol. The SMILES string of the molecule is CCCCCCCCCCCCOC(=O)CSc1ccccc1. The van der Waals surface area contributed by atoms with Crippen molar-refractivity contribution in [1.82, 2.24) is 0 Å². The van der Waals surface area contributed by atoms with Gasteiger partial charge in [0.25, 0.3) is 0 Å². The van der Waals surface area contributed by atoms with Crippen LogP contribution < -0.4 is 0 Å². The maximum atomic E-state index is 11.6. The Bertz CT molecular complexity index is 392. The molecule has 3 heteroatoms. The fourth-order valence-electron chi connectivity index (χ4n) is 2.48. The van der Waals surface area contributed by atoms with Gasteiger partial charge in [-0.1, -0.05) is 82.9 Å². The largest absolute Gasteiger partial charge is 0.465 e. The van der Waals surface area contributed by atoms with Crippen molar-refractivity contribution >= 4 is 17.7 Å². The quantitative estimate of drug-likeness (QED) is 0.228. The van der Waals surface area contributed by atoms with Gasteiger partial charge in [-0.15, -0.1) is 11.8 Å². The number of benzene rings is 1. The first kappa shape index (κ1) is 20.1. The van der Waals surface area contributed by atoms with Gasteiger partial charge in [0, 0.05) is 4.90 Å². The molecule has 0 unspecified atom stereocenters. The van der Waals surface area contributed by atoms with Crippen LogP contribution in [0.1, 0.15) is 71.1 Å². The molecule has 0 spiro atoms. The Morgan fingerprint density at radius 2 is 1.43 bits per heavy atom. The van der Waals surface area contributed by atoms with Crippen molar-refractivity contribution in [2.75, 3.05) is 12.4 Å². The molecule has 0 aromatic heterocycles. The Morgan fingerprint density at radius 3 is 2.04 bits per heavy atom. The first-order chi connectivity index (χ1) is 11.3.